The van der Waals surface area contributed by atoms with Crippen molar-refractivity contribution in [2.75, 3.05) is 6.61 Å². The number of amides is 1. The van der Waals surface area contributed by atoms with Gasteiger partial charge in [-0.15, -0.1) is 0 Å². The lowest BCUT2D eigenvalue weighted by Gasteiger charge is -2.04. The zero-order valence-corrected chi connectivity index (χ0v) is 13.8. The molecule has 2 rings (SSSR count). The summed E-state index contributed by atoms with van der Waals surface area (Å²) in [6.45, 7) is -0.365. The Hall–Kier alpha value is -3.53. The lowest BCUT2D eigenvalue weighted by atomic mass is 10.2. The van der Waals surface area contributed by atoms with Crippen LogP contribution in [0.5, 0.6) is 5.75 Å². The van der Waals surface area contributed by atoms with E-state index >= 15 is 0 Å². The third-order valence-electron chi connectivity index (χ3n) is 2.99. The first kappa shape index (κ1) is 18.8. The molecule has 2 aromatic rings. The first-order chi connectivity index (χ1) is 12.4. The number of nitrogens with one attached hydrogen (secondary N) is 1. The Morgan fingerprint density at radius 3 is 2.46 bits per heavy atom. The van der Waals surface area contributed by atoms with Crippen molar-refractivity contribution in [3.8, 4) is 5.75 Å². The van der Waals surface area contributed by atoms with Crippen molar-refractivity contribution in [3.05, 3.63) is 73.3 Å². The number of benzene rings is 2. The summed E-state index contributed by atoms with van der Waals surface area (Å²) in [7, 11) is 0. The molecule has 1 amide bonds. The van der Waals surface area contributed by atoms with Crippen LogP contribution in [0.4, 0.5) is 11.4 Å². The summed E-state index contributed by atoms with van der Waals surface area (Å²) >= 11 is 5.69. The van der Waals surface area contributed by atoms with Crippen LogP contribution in [0.2, 0.25) is 5.02 Å². The maximum Gasteiger partial charge on any atom is 0.288 e. The minimum absolute atomic E-state index is 0.00677. The average molecular weight is 379 g/mol. The molecule has 0 spiro atoms. The van der Waals surface area contributed by atoms with E-state index in [-0.39, 0.29) is 28.8 Å². The molecule has 0 bridgehead atoms. The fourth-order valence-corrected chi connectivity index (χ4v) is 1.96. The molecule has 0 heterocycles. The van der Waals surface area contributed by atoms with Gasteiger partial charge in [-0.1, -0.05) is 17.7 Å². The van der Waals surface area contributed by atoms with Crippen LogP contribution < -0.4 is 10.2 Å². The van der Waals surface area contributed by atoms with E-state index < -0.39 is 15.8 Å². The van der Waals surface area contributed by atoms with Gasteiger partial charge in [-0.05, 0) is 18.2 Å². The van der Waals surface area contributed by atoms with Gasteiger partial charge in [0.05, 0.1) is 16.1 Å². The minimum atomic E-state index is -0.629. The second-order valence-electron chi connectivity index (χ2n) is 4.80. The van der Waals surface area contributed by atoms with Crippen LogP contribution in [0.15, 0.2) is 47.6 Å². The van der Waals surface area contributed by atoms with Gasteiger partial charge in [-0.2, -0.15) is 5.10 Å². The lowest BCUT2D eigenvalue weighted by molar-refractivity contribution is -0.385. The van der Waals surface area contributed by atoms with Gasteiger partial charge in [-0.3, -0.25) is 25.0 Å². The maximum absolute atomic E-state index is 11.6. The van der Waals surface area contributed by atoms with E-state index in [1.807, 2.05) is 0 Å². The molecule has 0 aliphatic carbocycles. The number of nitrogens with zero attached hydrogens (tertiary/aromatic N) is 3. The van der Waals surface area contributed by atoms with E-state index in [9.17, 15) is 25.0 Å². The Morgan fingerprint density at radius 1 is 1.15 bits per heavy atom. The number of carbonyl (C=O) groups is 1. The lowest BCUT2D eigenvalue weighted by Crippen LogP contribution is -2.24. The number of carbonyl (C=O) groups excluding carboxylic acids is 1. The molecule has 134 valence electrons. The van der Waals surface area contributed by atoms with Crippen molar-refractivity contribution in [1.29, 1.82) is 0 Å². The Morgan fingerprint density at radius 2 is 1.85 bits per heavy atom. The molecule has 0 aliphatic heterocycles. The number of hydrogen-bond donors (Lipinski definition) is 1. The molecule has 1 N–H and O–H groups in total. The number of ether oxygens (including phenoxy) is 1. The normalized spacial score (nSPS) is 10.5. The van der Waals surface area contributed by atoms with Crippen LogP contribution in [0.25, 0.3) is 0 Å². The van der Waals surface area contributed by atoms with Gasteiger partial charge < -0.3 is 4.74 Å². The molecule has 0 radical (unpaired) electrons. The van der Waals surface area contributed by atoms with Crippen molar-refractivity contribution in [2.24, 2.45) is 5.10 Å². The smallest absolute Gasteiger partial charge is 0.288 e. The summed E-state index contributed by atoms with van der Waals surface area (Å²) < 4.78 is 5.16. The van der Waals surface area contributed by atoms with Crippen LogP contribution in [-0.2, 0) is 4.79 Å². The molecule has 0 unspecified atom stereocenters. The van der Waals surface area contributed by atoms with Gasteiger partial charge in [0.15, 0.2) is 6.61 Å². The molecular formula is C15H11ClN4O6. The summed E-state index contributed by atoms with van der Waals surface area (Å²) in [6.07, 6.45) is 1.22. The van der Waals surface area contributed by atoms with Gasteiger partial charge in [0.2, 0.25) is 0 Å². The van der Waals surface area contributed by atoms with Crippen LogP contribution in [-0.4, -0.2) is 28.6 Å². The summed E-state index contributed by atoms with van der Waals surface area (Å²) in [5.74, 6) is -0.300. The summed E-state index contributed by atoms with van der Waals surface area (Å²) in [5.41, 5.74) is 2.19. The van der Waals surface area contributed by atoms with E-state index in [1.54, 1.807) is 0 Å². The Labute approximate surface area is 151 Å². The molecule has 0 saturated carbocycles. The highest BCUT2D eigenvalue weighted by Gasteiger charge is 2.12. The van der Waals surface area contributed by atoms with E-state index in [0.29, 0.717) is 5.56 Å². The van der Waals surface area contributed by atoms with Crippen molar-refractivity contribution in [1.82, 2.24) is 5.43 Å². The molecular weight excluding hydrogens is 368 g/mol. The van der Waals surface area contributed by atoms with Gasteiger partial charge in [0.1, 0.15) is 10.8 Å². The number of rotatable bonds is 7. The van der Waals surface area contributed by atoms with E-state index in [4.69, 9.17) is 16.3 Å². The zero-order valence-electron chi connectivity index (χ0n) is 13.0. The number of non-ortho nitro benzene ring substituents is 1. The Bertz CT molecular complexity index is 869. The first-order valence-electron chi connectivity index (χ1n) is 7.00. The second-order valence-corrected chi connectivity index (χ2v) is 5.21. The fourth-order valence-electron chi connectivity index (χ4n) is 1.77. The third kappa shape index (κ3) is 5.24. The van der Waals surface area contributed by atoms with Crippen molar-refractivity contribution >= 4 is 35.1 Å². The monoisotopic (exact) mass is 378 g/mol. The van der Waals surface area contributed by atoms with Crippen LogP contribution in [0, 0.1) is 20.2 Å². The fraction of sp³-hybridized carbons (Fsp3) is 0.0667. The first-order valence-corrected chi connectivity index (χ1v) is 7.37. The summed E-state index contributed by atoms with van der Waals surface area (Å²) in [4.78, 5) is 31.8. The molecule has 11 heteroatoms. The molecule has 0 saturated heterocycles. The van der Waals surface area contributed by atoms with Crippen LogP contribution >= 0.6 is 11.6 Å². The Balaban J connectivity index is 1.86. The topological polar surface area (TPSA) is 137 Å². The summed E-state index contributed by atoms with van der Waals surface area (Å²) in [5, 5.41) is 25.0. The maximum atomic E-state index is 11.6. The van der Waals surface area contributed by atoms with Gasteiger partial charge in [0, 0.05) is 23.8 Å². The average Bonchev–Trinajstić information content (AvgIpc) is 2.61. The van der Waals surface area contributed by atoms with E-state index in [2.05, 4.69) is 10.5 Å². The minimum Gasteiger partial charge on any atom is -0.484 e. The van der Waals surface area contributed by atoms with Crippen LogP contribution in [0.1, 0.15) is 5.56 Å². The van der Waals surface area contributed by atoms with Crippen molar-refractivity contribution < 1.29 is 19.4 Å². The molecule has 2 aromatic carbocycles. The number of halogens is 1. The van der Waals surface area contributed by atoms with E-state index in [0.717, 1.165) is 0 Å². The number of hydrogen-bond acceptors (Lipinski definition) is 7. The predicted octanol–water partition coefficient (Wildman–Crippen LogP) is 2.69. The summed E-state index contributed by atoms with van der Waals surface area (Å²) in [6, 6.07) is 9.28. The molecule has 0 aliphatic rings. The highest BCUT2D eigenvalue weighted by atomic mass is 35.5. The molecule has 0 fully saturated rings. The SMILES string of the molecule is O=C(COc1ccc([N+](=O)[O-])cc1)N/N=C/c1ccc(Cl)c([N+](=O)[O-])c1. The number of nitro groups is 2. The van der Waals surface area contributed by atoms with Crippen molar-refractivity contribution in [3.63, 3.8) is 0 Å². The van der Waals surface area contributed by atoms with Crippen LogP contribution in [0.3, 0.4) is 0 Å². The standard InChI is InChI=1S/C15H11ClN4O6/c16-13-6-1-10(7-14(13)20(24)25)8-17-18-15(21)9-26-12-4-2-11(3-5-12)19(22)23/h1-8H,9H2,(H,18,21)/b17-8+. The molecule has 0 aromatic heterocycles. The Kier molecular flexibility index (Phi) is 6.17. The zero-order chi connectivity index (χ0) is 19.1. The molecule has 0 atom stereocenters. The highest BCUT2D eigenvalue weighted by molar-refractivity contribution is 6.32. The molecule has 10 nitrogen and oxygen atoms in total. The largest absolute Gasteiger partial charge is 0.484 e. The molecule has 26 heavy (non-hydrogen) atoms. The second kappa shape index (κ2) is 8.53. The predicted molar refractivity (Wildman–Crippen MR) is 92.4 cm³/mol. The quantitative estimate of drug-likeness (QED) is 0.446. The highest BCUT2D eigenvalue weighted by Crippen LogP contribution is 2.24. The van der Waals surface area contributed by atoms with E-state index in [1.165, 1.54) is 48.7 Å². The third-order valence-corrected chi connectivity index (χ3v) is 3.31. The number of nitro benzene ring substituents is 2. The number of hydrazone groups is 1. The van der Waals surface area contributed by atoms with Gasteiger partial charge in [0.25, 0.3) is 17.3 Å². The van der Waals surface area contributed by atoms with Gasteiger partial charge >= 0.3 is 0 Å². The van der Waals surface area contributed by atoms with Crippen molar-refractivity contribution in [2.45, 2.75) is 0 Å². The van der Waals surface area contributed by atoms with Gasteiger partial charge in [-0.25, -0.2) is 5.43 Å².